The molecule has 4 nitrogen and oxygen atoms in total. The number of anilines is 1. The molecule has 0 aliphatic rings. The molecule has 1 aromatic rings. The Balaban J connectivity index is 2.95. The number of ether oxygens (including phenoxy) is 1. The minimum absolute atomic E-state index is 0.0450. The van der Waals surface area contributed by atoms with Gasteiger partial charge in [-0.05, 0) is 32.9 Å². The van der Waals surface area contributed by atoms with E-state index < -0.39 is 0 Å². The minimum Gasteiger partial charge on any atom is -0.385 e. The van der Waals surface area contributed by atoms with Crippen molar-refractivity contribution >= 4 is 11.6 Å². The molecule has 1 rings (SSSR count). The Hall–Kier alpha value is -1.55. The smallest absolute Gasteiger partial charge is 0.256 e. The highest BCUT2D eigenvalue weighted by atomic mass is 16.5. The van der Waals surface area contributed by atoms with E-state index in [1.807, 2.05) is 49.9 Å². The maximum Gasteiger partial charge on any atom is 0.256 e. The lowest BCUT2D eigenvalue weighted by atomic mass is 10.1. The molecule has 0 heterocycles. The molecule has 0 aliphatic carbocycles. The molecule has 0 saturated heterocycles. The first-order valence-electron chi connectivity index (χ1n) is 6.74. The third kappa shape index (κ3) is 4.24. The summed E-state index contributed by atoms with van der Waals surface area (Å²) < 4.78 is 5.08. The zero-order chi connectivity index (χ0) is 14.3. The topological polar surface area (TPSA) is 41.6 Å². The van der Waals surface area contributed by atoms with Gasteiger partial charge in [0.2, 0.25) is 0 Å². The van der Waals surface area contributed by atoms with E-state index >= 15 is 0 Å². The number of nitrogens with zero attached hydrogens (tertiary/aromatic N) is 1. The molecule has 1 amide bonds. The first-order valence-corrected chi connectivity index (χ1v) is 6.74. The summed E-state index contributed by atoms with van der Waals surface area (Å²) in [5.41, 5.74) is 1.60. The number of methoxy groups -OCH3 is 1. The van der Waals surface area contributed by atoms with E-state index in [1.54, 1.807) is 7.11 Å². The molecule has 1 aromatic carbocycles. The van der Waals surface area contributed by atoms with Gasteiger partial charge in [-0.25, -0.2) is 0 Å². The molecule has 4 heteroatoms. The average Bonchev–Trinajstić information content (AvgIpc) is 2.39. The van der Waals surface area contributed by atoms with Crippen LogP contribution in [0.2, 0.25) is 0 Å². The number of benzene rings is 1. The Bertz CT molecular complexity index is 405. The molecular weight excluding hydrogens is 240 g/mol. The van der Waals surface area contributed by atoms with Crippen molar-refractivity contribution in [2.75, 3.05) is 32.1 Å². The molecule has 0 aliphatic heterocycles. The summed E-state index contributed by atoms with van der Waals surface area (Å²) in [5.74, 6) is 0.0450. The van der Waals surface area contributed by atoms with E-state index in [1.165, 1.54) is 0 Å². The van der Waals surface area contributed by atoms with Crippen molar-refractivity contribution in [3.8, 4) is 0 Å². The molecular formula is C15H24N2O2. The number of para-hydroxylation sites is 1. The predicted molar refractivity (Wildman–Crippen MR) is 78.7 cm³/mol. The van der Waals surface area contributed by atoms with Crippen LogP contribution in [0.25, 0.3) is 0 Å². The fourth-order valence-corrected chi connectivity index (χ4v) is 1.95. The molecule has 0 fully saturated rings. The minimum atomic E-state index is 0.0450. The summed E-state index contributed by atoms with van der Waals surface area (Å²) in [7, 11) is 1.65. The van der Waals surface area contributed by atoms with Gasteiger partial charge in [-0.2, -0.15) is 0 Å². The highest BCUT2D eigenvalue weighted by molar-refractivity contribution is 5.99. The molecule has 0 unspecified atom stereocenters. The number of hydrogen-bond donors (Lipinski definition) is 1. The average molecular weight is 264 g/mol. The van der Waals surface area contributed by atoms with Crippen LogP contribution in [0.1, 0.15) is 31.1 Å². The number of rotatable bonds is 7. The van der Waals surface area contributed by atoms with Gasteiger partial charge in [0.05, 0.1) is 12.2 Å². The Morgan fingerprint density at radius 3 is 2.63 bits per heavy atom. The Kier molecular flexibility index (Phi) is 6.36. The molecule has 0 aromatic heterocycles. The largest absolute Gasteiger partial charge is 0.385 e. The summed E-state index contributed by atoms with van der Waals surface area (Å²) in [6.45, 7) is 8.00. The lowest BCUT2D eigenvalue weighted by Crippen LogP contribution is -2.39. The summed E-state index contributed by atoms with van der Waals surface area (Å²) in [6, 6.07) is 7.78. The molecule has 0 bridgehead atoms. The van der Waals surface area contributed by atoms with Crippen LogP contribution >= 0.6 is 0 Å². The van der Waals surface area contributed by atoms with Gasteiger partial charge >= 0.3 is 0 Å². The fraction of sp³-hybridized carbons (Fsp3) is 0.533. The van der Waals surface area contributed by atoms with Crippen LogP contribution in [0.15, 0.2) is 24.3 Å². The number of carbonyl (C=O) groups is 1. The van der Waals surface area contributed by atoms with Gasteiger partial charge in [0, 0.05) is 31.9 Å². The van der Waals surface area contributed by atoms with Crippen LogP contribution in [0.5, 0.6) is 0 Å². The molecule has 0 saturated carbocycles. The second-order valence-corrected chi connectivity index (χ2v) is 4.66. The Morgan fingerprint density at radius 1 is 1.37 bits per heavy atom. The summed E-state index contributed by atoms with van der Waals surface area (Å²) >= 11 is 0. The first-order chi connectivity index (χ1) is 9.11. The summed E-state index contributed by atoms with van der Waals surface area (Å²) in [6.07, 6.45) is 0. The van der Waals surface area contributed by atoms with Gasteiger partial charge in [-0.1, -0.05) is 12.1 Å². The number of amides is 1. The number of nitrogens with one attached hydrogen (secondary N) is 1. The van der Waals surface area contributed by atoms with E-state index in [2.05, 4.69) is 5.32 Å². The monoisotopic (exact) mass is 264 g/mol. The van der Waals surface area contributed by atoms with Crippen LogP contribution in [0, 0.1) is 0 Å². The maximum absolute atomic E-state index is 12.6. The number of hydrogen-bond acceptors (Lipinski definition) is 3. The lowest BCUT2D eigenvalue weighted by Gasteiger charge is -2.27. The third-order valence-electron chi connectivity index (χ3n) is 2.95. The van der Waals surface area contributed by atoms with Gasteiger partial charge in [0.15, 0.2) is 0 Å². The first kappa shape index (κ1) is 15.5. The Labute approximate surface area is 115 Å². The normalized spacial score (nSPS) is 10.6. The van der Waals surface area contributed by atoms with Crippen molar-refractivity contribution in [3.05, 3.63) is 29.8 Å². The third-order valence-corrected chi connectivity index (χ3v) is 2.95. The lowest BCUT2D eigenvalue weighted by molar-refractivity contribution is 0.0636. The molecule has 1 N–H and O–H groups in total. The SMILES string of the molecule is CCNc1ccccc1C(=O)N(CCOC)C(C)C. The molecule has 0 spiro atoms. The van der Waals surface area contributed by atoms with Gasteiger partial charge in [-0.3, -0.25) is 4.79 Å². The number of carbonyl (C=O) groups excluding carboxylic acids is 1. The van der Waals surface area contributed by atoms with Crippen LogP contribution in [-0.2, 0) is 4.74 Å². The van der Waals surface area contributed by atoms with E-state index in [-0.39, 0.29) is 11.9 Å². The van der Waals surface area contributed by atoms with Crippen LogP contribution in [0.3, 0.4) is 0 Å². The zero-order valence-electron chi connectivity index (χ0n) is 12.3. The zero-order valence-corrected chi connectivity index (χ0v) is 12.3. The second kappa shape index (κ2) is 7.79. The van der Waals surface area contributed by atoms with Gasteiger partial charge in [0.1, 0.15) is 0 Å². The Morgan fingerprint density at radius 2 is 2.05 bits per heavy atom. The van der Waals surface area contributed by atoms with Crippen molar-refractivity contribution in [2.45, 2.75) is 26.8 Å². The van der Waals surface area contributed by atoms with E-state index in [0.29, 0.717) is 18.7 Å². The fourth-order valence-electron chi connectivity index (χ4n) is 1.95. The molecule has 0 radical (unpaired) electrons. The van der Waals surface area contributed by atoms with Crippen molar-refractivity contribution in [1.82, 2.24) is 4.90 Å². The maximum atomic E-state index is 12.6. The highest BCUT2D eigenvalue weighted by Gasteiger charge is 2.20. The van der Waals surface area contributed by atoms with Crippen molar-refractivity contribution in [3.63, 3.8) is 0 Å². The highest BCUT2D eigenvalue weighted by Crippen LogP contribution is 2.18. The van der Waals surface area contributed by atoms with Crippen LogP contribution in [0.4, 0.5) is 5.69 Å². The molecule has 106 valence electrons. The van der Waals surface area contributed by atoms with Crippen molar-refractivity contribution in [2.24, 2.45) is 0 Å². The summed E-state index contributed by atoms with van der Waals surface area (Å²) in [5, 5.41) is 3.23. The van der Waals surface area contributed by atoms with Crippen LogP contribution in [-0.4, -0.2) is 43.7 Å². The quantitative estimate of drug-likeness (QED) is 0.823. The van der Waals surface area contributed by atoms with E-state index in [4.69, 9.17) is 4.74 Å². The molecule has 0 atom stereocenters. The van der Waals surface area contributed by atoms with E-state index in [0.717, 1.165) is 12.2 Å². The van der Waals surface area contributed by atoms with E-state index in [9.17, 15) is 4.79 Å². The second-order valence-electron chi connectivity index (χ2n) is 4.66. The predicted octanol–water partition coefficient (Wildman–Crippen LogP) is 2.62. The van der Waals surface area contributed by atoms with Crippen molar-refractivity contribution in [1.29, 1.82) is 0 Å². The van der Waals surface area contributed by atoms with Crippen LogP contribution < -0.4 is 5.32 Å². The molecule has 19 heavy (non-hydrogen) atoms. The standard InChI is InChI=1S/C15H24N2O2/c1-5-16-14-9-7-6-8-13(14)15(18)17(12(2)3)10-11-19-4/h6-9,12,16H,5,10-11H2,1-4H3. The summed E-state index contributed by atoms with van der Waals surface area (Å²) in [4.78, 5) is 14.5. The van der Waals surface area contributed by atoms with Gasteiger partial charge < -0.3 is 15.0 Å². The van der Waals surface area contributed by atoms with Gasteiger partial charge in [-0.15, -0.1) is 0 Å². The van der Waals surface area contributed by atoms with Crippen molar-refractivity contribution < 1.29 is 9.53 Å². The van der Waals surface area contributed by atoms with Gasteiger partial charge in [0.25, 0.3) is 5.91 Å².